The van der Waals surface area contributed by atoms with Gasteiger partial charge < -0.3 is 10.0 Å². The topological polar surface area (TPSA) is 40.5 Å². The summed E-state index contributed by atoms with van der Waals surface area (Å²) in [6, 6.07) is 0. The maximum atomic E-state index is 12.6. The van der Waals surface area contributed by atoms with Gasteiger partial charge in [-0.05, 0) is 12.8 Å². The molecule has 3 heteroatoms. The largest absolute Gasteiger partial charge is 0.395 e. The maximum absolute atomic E-state index is 12.6. The number of hydrogen-bond donors (Lipinski definition) is 1. The van der Waals surface area contributed by atoms with Crippen LogP contribution in [-0.4, -0.2) is 35.6 Å². The molecule has 3 nitrogen and oxygen atoms in total. The Morgan fingerprint density at radius 1 is 0.410 bits per heavy atom. The lowest BCUT2D eigenvalue weighted by Gasteiger charge is -2.22. The molecule has 0 aromatic heterocycles. The van der Waals surface area contributed by atoms with Gasteiger partial charge in [0.25, 0.3) is 0 Å². The lowest BCUT2D eigenvalue weighted by atomic mass is 10.0. The van der Waals surface area contributed by atoms with Gasteiger partial charge in [-0.3, -0.25) is 4.79 Å². The van der Waals surface area contributed by atoms with Crippen molar-refractivity contribution >= 4 is 5.91 Å². The second-order valence-electron chi connectivity index (χ2n) is 12.4. The first kappa shape index (κ1) is 38.4. The monoisotopic (exact) mass is 552 g/mol. The average molecular weight is 552 g/mol. The predicted octanol–water partition coefficient (Wildman–Crippen LogP) is 11.6. The molecular formula is C36H73NO2. The molecule has 0 radical (unpaired) electrons. The van der Waals surface area contributed by atoms with Gasteiger partial charge in [0.05, 0.1) is 6.61 Å². The fourth-order valence-electron chi connectivity index (χ4n) is 5.78. The maximum Gasteiger partial charge on any atom is 0.222 e. The van der Waals surface area contributed by atoms with E-state index in [-0.39, 0.29) is 12.5 Å². The van der Waals surface area contributed by atoms with Crippen molar-refractivity contribution in [3.8, 4) is 0 Å². The molecule has 0 fully saturated rings. The number of amides is 1. The van der Waals surface area contributed by atoms with Gasteiger partial charge in [0.1, 0.15) is 0 Å². The third-order valence-electron chi connectivity index (χ3n) is 8.50. The van der Waals surface area contributed by atoms with E-state index in [1.807, 2.05) is 4.90 Å². The van der Waals surface area contributed by atoms with Crippen LogP contribution >= 0.6 is 0 Å². The zero-order valence-electron chi connectivity index (χ0n) is 27.1. The molecule has 0 rings (SSSR count). The molecule has 1 amide bonds. The molecule has 1 N–H and O–H groups in total. The Morgan fingerprint density at radius 2 is 0.692 bits per heavy atom. The second kappa shape index (κ2) is 33.6. The Labute approximate surface area is 246 Å². The molecule has 0 unspecified atom stereocenters. The third-order valence-corrected chi connectivity index (χ3v) is 8.50. The molecule has 0 spiro atoms. The highest BCUT2D eigenvalue weighted by atomic mass is 16.3. The quantitative estimate of drug-likeness (QED) is 0.0824. The summed E-state index contributed by atoms with van der Waals surface area (Å²) in [5.41, 5.74) is 0. The first-order valence-corrected chi connectivity index (χ1v) is 18.1. The van der Waals surface area contributed by atoms with Crippen molar-refractivity contribution in [1.29, 1.82) is 0 Å². The third kappa shape index (κ3) is 30.2. The van der Waals surface area contributed by atoms with Crippen molar-refractivity contribution < 1.29 is 9.90 Å². The molecule has 0 aromatic carbocycles. The van der Waals surface area contributed by atoms with Crippen LogP contribution in [0.15, 0.2) is 0 Å². The highest BCUT2D eigenvalue weighted by molar-refractivity contribution is 5.76. The van der Waals surface area contributed by atoms with E-state index in [1.54, 1.807) is 0 Å². The van der Waals surface area contributed by atoms with Crippen molar-refractivity contribution in [1.82, 2.24) is 4.90 Å². The van der Waals surface area contributed by atoms with Gasteiger partial charge in [0.15, 0.2) is 0 Å². The summed E-state index contributed by atoms with van der Waals surface area (Å²) in [5, 5.41) is 9.40. The van der Waals surface area contributed by atoms with Crippen LogP contribution in [0.5, 0.6) is 0 Å². The van der Waals surface area contributed by atoms with E-state index >= 15 is 0 Å². The van der Waals surface area contributed by atoms with Crippen LogP contribution in [0, 0.1) is 0 Å². The lowest BCUT2D eigenvalue weighted by molar-refractivity contribution is -0.131. The van der Waals surface area contributed by atoms with Gasteiger partial charge in [-0.2, -0.15) is 0 Å². The Bertz CT molecular complexity index is 467. The van der Waals surface area contributed by atoms with E-state index in [0.717, 1.165) is 19.4 Å². The smallest absolute Gasteiger partial charge is 0.222 e. The van der Waals surface area contributed by atoms with Crippen molar-refractivity contribution in [3.63, 3.8) is 0 Å². The molecule has 0 aromatic rings. The van der Waals surface area contributed by atoms with Crippen LogP contribution in [0.1, 0.15) is 206 Å². The SMILES string of the molecule is CCCCCCCCCCCCCCCCCCCCN(CCO)C(=O)CCCCCCCCCCCCC. The Hall–Kier alpha value is -0.570. The minimum atomic E-state index is 0.0864. The molecule has 0 aliphatic rings. The molecule has 0 aliphatic heterocycles. The zero-order valence-corrected chi connectivity index (χ0v) is 27.1. The van der Waals surface area contributed by atoms with E-state index in [4.69, 9.17) is 0 Å². The van der Waals surface area contributed by atoms with Gasteiger partial charge in [0.2, 0.25) is 5.91 Å². The molecule has 0 saturated heterocycles. The summed E-state index contributed by atoms with van der Waals surface area (Å²) in [5.74, 6) is 0.256. The van der Waals surface area contributed by atoms with Gasteiger partial charge in [-0.25, -0.2) is 0 Å². The van der Waals surface area contributed by atoms with Crippen molar-refractivity contribution in [3.05, 3.63) is 0 Å². The van der Waals surface area contributed by atoms with Crippen molar-refractivity contribution in [2.75, 3.05) is 19.7 Å². The number of nitrogens with zero attached hydrogens (tertiary/aromatic N) is 1. The van der Waals surface area contributed by atoms with Crippen LogP contribution in [-0.2, 0) is 4.79 Å². The number of hydrogen-bond acceptors (Lipinski definition) is 2. The van der Waals surface area contributed by atoms with Crippen LogP contribution in [0.4, 0.5) is 0 Å². The molecule has 39 heavy (non-hydrogen) atoms. The van der Waals surface area contributed by atoms with Crippen molar-refractivity contribution in [2.45, 2.75) is 206 Å². The first-order chi connectivity index (χ1) is 19.3. The Morgan fingerprint density at radius 3 is 1.00 bits per heavy atom. The number of carbonyl (C=O) groups is 1. The fourth-order valence-corrected chi connectivity index (χ4v) is 5.78. The zero-order chi connectivity index (χ0) is 28.5. The number of carbonyl (C=O) groups excluding carboxylic acids is 1. The van der Waals surface area contributed by atoms with E-state index in [0.29, 0.717) is 13.0 Å². The Kier molecular flexibility index (Phi) is 33.1. The number of aliphatic hydroxyl groups is 1. The second-order valence-corrected chi connectivity index (χ2v) is 12.4. The van der Waals surface area contributed by atoms with Gasteiger partial charge in [-0.1, -0.05) is 187 Å². The Balaban J connectivity index is 3.48. The molecule has 234 valence electrons. The predicted molar refractivity (Wildman–Crippen MR) is 174 cm³/mol. The summed E-state index contributed by atoms with van der Waals surface area (Å²) in [7, 11) is 0. The summed E-state index contributed by atoms with van der Waals surface area (Å²) in [4.78, 5) is 14.5. The van der Waals surface area contributed by atoms with E-state index in [9.17, 15) is 9.90 Å². The van der Waals surface area contributed by atoms with Gasteiger partial charge >= 0.3 is 0 Å². The molecular weight excluding hydrogens is 478 g/mol. The average Bonchev–Trinajstić information content (AvgIpc) is 2.94. The normalized spacial score (nSPS) is 11.4. The molecule has 0 aliphatic carbocycles. The molecule has 0 saturated carbocycles. The van der Waals surface area contributed by atoms with Gasteiger partial charge in [-0.15, -0.1) is 0 Å². The molecule has 0 heterocycles. The summed E-state index contributed by atoms with van der Waals surface area (Å²) in [6.07, 6.45) is 40.0. The highest BCUT2D eigenvalue weighted by Crippen LogP contribution is 2.15. The molecule has 0 atom stereocenters. The van der Waals surface area contributed by atoms with E-state index < -0.39 is 0 Å². The van der Waals surface area contributed by atoms with E-state index in [2.05, 4.69) is 13.8 Å². The van der Waals surface area contributed by atoms with Crippen LogP contribution in [0.3, 0.4) is 0 Å². The first-order valence-electron chi connectivity index (χ1n) is 18.1. The summed E-state index contributed by atoms with van der Waals surface area (Å²) in [6.45, 7) is 5.99. The highest BCUT2D eigenvalue weighted by Gasteiger charge is 2.12. The van der Waals surface area contributed by atoms with Crippen LogP contribution < -0.4 is 0 Å². The van der Waals surface area contributed by atoms with Gasteiger partial charge in [0, 0.05) is 19.5 Å². The standard InChI is InChI=1S/C36H73NO2/c1-3-5-7-9-11-13-15-16-17-18-19-20-21-23-25-27-29-31-33-37(34-35-38)36(39)32-30-28-26-24-22-14-12-10-8-6-4-2/h38H,3-35H2,1-2H3. The fraction of sp³-hybridized carbons (Fsp3) is 0.972. The minimum Gasteiger partial charge on any atom is -0.395 e. The summed E-state index contributed by atoms with van der Waals surface area (Å²) >= 11 is 0. The van der Waals surface area contributed by atoms with E-state index in [1.165, 1.54) is 173 Å². The number of aliphatic hydroxyl groups excluding tert-OH is 1. The van der Waals surface area contributed by atoms with Crippen molar-refractivity contribution in [2.24, 2.45) is 0 Å². The number of unbranched alkanes of at least 4 members (excludes halogenated alkanes) is 27. The minimum absolute atomic E-state index is 0.0864. The lowest BCUT2D eigenvalue weighted by Crippen LogP contribution is -2.34. The van der Waals surface area contributed by atoms with Crippen LogP contribution in [0.25, 0.3) is 0 Å². The molecule has 0 bridgehead atoms. The number of rotatable bonds is 33. The summed E-state index contributed by atoms with van der Waals surface area (Å²) < 4.78 is 0. The van der Waals surface area contributed by atoms with Crippen LogP contribution in [0.2, 0.25) is 0 Å².